The zero-order valence-electron chi connectivity index (χ0n) is 11.8. The molecule has 1 aliphatic heterocycles. The molecular formula is C15H25N3. The molecule has 1 fully saturated rings. The molecule has 0 saturated carbocycles. The van der Waals surface area contributed by atoms with Gasteiger partial charge in [0.05, 0.1) is 0 Å². The third-order valence-electron chi connectivity index (χ3n) is 3.85. The van der Waals surface area contributed by atoms with Crippen molar-refractivity contribution in [1.29, 1.82) is 0 Å². The van der Waals surface area contributed by atoms with E-state index < -0.39 is 0 Å². The van der Waals surface area contributed by atoms with Crippen molar-refractivity contribution in [2.75, 3.05) is 39.5 Å². The highest BCUT2D eigenvalue weighted by Crippen LogP contribution is 2.18. The maximum atomic E-state index is 5.95. The first-order valence-electron chi connectivity index (χ1n) is 6.76. The Balaban J connectivity index is 1.86. The Morgan fingerprint density at radius 1 is 1.44 bits per heavy atom. The van der Waals surface area contributed by atoms with Crippen molar-refractivity contribution in [3.8, 4) is 0 Å². The quantitative estimate of drug-likeness (QED) is 0.826. The fourth-order valence-electron chi connectivity index (χ4n) is 2.78. The van der Waals surface area contributed by atoms with Crippen molar-refractivity contribution < 1.29 is 0 Å². The van der Waals surface area contributed by atoms with Crippen LogP contribution in [-0.4, -0.2) is 43.5 Å². The number of likely N-dealkylation sites (tertiary alicyclic amines) is 1. The summed E-state index contributed by atoms with van der Waals surface area (Å²) in [6, 6.07) is 6.40. The van der Waals surface area contributed by atoms with Gasteiger partial charge in [-0.3, -0.25) is 0 Å². The fraction of sp³-hybridized carbons (Fsp3) is 0.600. The second kappa shape index (κ2) is 5.72. The largest absolute Gasteiger partial charge is 0.399 e. The molecule has 0 aromatic heterocycles. The van der Waals surface area contributed by atoms with E-state index in [1.807, 2.05) is 0 Å². The van der Waals surface area contributed by atoms with E-state index in [0.717, 1.165) is 18.2 Å². The van der Waals surface area contributed by atoms with Gasteiger partial charge in [-0.2, -0.15) is 0 Å². The van der Waals surface area contributed by atoms with E-state index >= 15 is 0 Å². The zero-order chi connectivity index (χ0) is 13.1. The minimum absolute atomic E-state index is 0.822. The van der Waals surface area contributed by atoms with Crippen LogP contribution in [0.5, 0.6) is 0 Å². The maximum Gasteiger partial charge on any atom is 0.0346 e. The van der Waals surface area contributed by atoms with Crippen molar-refractivity contribution in [1.82, 2.24) is 9.80 Å². The molecule has 0 radical (unpaired) electrons. The first-order chi connectivity index (χ1) is 8.54. The molecule has 1 atom stereocenters. The average Bonchev–Trinajstić information content (AvgIpc) is 2.69. The smallest absolute Gasteiger partial charge is 0.0346 e. The molecule has 0 aliphatic carbocycles. The summed E-state index contributed by atoms with van der Waals surface area (Å²) < 4.78 is 0. The molecule has 1 saturated heterocycles. The first kappa shape index (κ1) is 13.4. The summed E-state index contributed by atoms with van der Waals surface area (Å²) in [5, 5.41) is 0. The van der Waals surface area contributed by atoms with Crippen LogP contribution in [0.2, 0.25) is 0 Å². The van der Waals surface area contributed by atoms with E-state index in [2.05, 4.69) is 49.0 Å². The summed E-state index contributed by atoms with van der Waals surface area (Å²) in [6.07, 6.45) is 1.33. The predicted molar refractivity (Wildman–Crippen MR) is 77.5 cm³/mol. The number of hydrogen-bond donors (Lipinski definition) is 1. The molecule has 1 aliphatic rings. The lowest BCUT2D eigenvalue weighted by Gasteiger charge is -2.21. The minimum Gasteiger partial charge on any atom is -0.399 e. The lowest BCUT2D eigenvalue weighted by atomic mass is 10.1. The van der Waals surface area contributed by atoms with Crippen LogP contribution in [0.4, 0.5) is 5.69 Å². The molecule has 1 aromatic rings. The highest BCUT2D eigenvalue weighted by atomic mass is 15.1. The van der Waals surface area contributed by atoms with Crippen molar-refractivity contribution in [2.24, 2.45) is 5.92 Å². The van der Waals surface area contributed by atoms with E-state index in [1.165, 1.54) is 37.2 Å². The van der Waals surface area contributed by atoms with Gasteiger partial charge < -0.3 is 15.5 Å². The van der Waals surface area contributed by atoms with Crippen LogP contribution in [-0.2, 0) is 6.54 Å². The number of anilines is 1. The minimum atomic E-state index is 0.822. The second-order valence-electron chi connectivity index (χ2n) is 5.80. The van der Waals surface area contributed by atoms with Gasteiger partial charge in [-0.15, -0.1) is 0 Å². The molecule has 3 heteroatoms. The molecule has 100 valence electrons. The molecular weight excluding hydrogens is 222 g/mol. The fourth-order valence-corrected chi connectivity index (χ4v) is 2.78. The highest BCUT2D eigenvalue weighted by molar-refractivity contribution is 5.48. The highest BCUT2D eigenvalue weighted by Gasteiger charge is 2.20. The third-order valence-corrected chi connectivity index (χ3v) is 3.85. The molecule has 1 aromatic carbocycles. The molecule has 2 rings (SSSR count). The number of nitrogens with zero attached hydrogens (tertiary/aromatic N) is 2. The normalized spacial score (nSPS) is 20.8. The van der Waals surface area contributed by atoms with Crippen LogP contribution in [0, 0.1) is 12.8 Å². The van der Waals surface area contributed by atoms with Gasteiger partial charge in [-0.25, -0.2) is 0 Å². The van der Waals surface area contributed by atoms with Crippen molar-refractivity contribution in [3.63, 3.8) is 0 Å². The summed E-state index contributed by atoms with van der Waals surface area (Å²) in [6.45, 7) is 6.70. The summed E-state index contributed by atoms with van der Waals surface area (Å²) in [5.74, 6) is 0.822. The van der Waals surface area contributed by atoms with E-state index in [0.29, 0.717) is 0 Å². The molecule has 2 N–H and O–H groups in total. The summed E-state index contributed by atoms with van der Waals surface area (Å²) in [7, 11) is 4.41. The van der Waals surface area contributed by atoms with Crippen LogP contribution >= 0.6 is 0 Å². The first-order valence-corrected chi connectivity index (χ1v) is 6.76. The third kappa shape index (κ3) is 3.47. The molecule has 3 nitrogen and oxygen atoms in total. The average molecular weight is 247 g/mol. The zero-order valence-corrected chi connectivity index (χ0v) is 11.8. The number of benzene rings is 1. The Hall–Kier alpha value is -1.06. The Morgan fingerprint density at radius 2 is 2.22 bits per heavy atom. The van der Waals surface area contributed by atoms with Crippen LogP contribution < -0.4 is 5.73 Å². The van der Waals surface area contributed by atoms with Crippen LogP contribution in [0.25, 0.3) is 0 Å². The Bertz CT molecular complexity index is 403. The van der Waals surface area contributed by atoms with E-state index in [1.54, 1.807) is 0 Å². The van der Waals surface area contributed by atoms with Crippen LogP contribution in [0.3, 0.4) is 0 Å². The van der Waals surface area contributed by atoms with E-state index in [-0.39, 0.29) is 0 Å². The Labute approximate surface area is 111 Å². The summed E-state index contributed by atoms with van der Waals surface area (Å²) in [4.78, 5) is 4.83. The van der Waals surface area contributed by atoms with Gasteiger partial charge >= 0.3 is 0 Å². The maximum absolute atomic E-state index is 5.95. The lowest BCUT2D eigenvalue weighted by Crippen LogP contribution is -2.27. The molecule has 1 heterocycles. The summed E-state index contributed by atoms with van der Waals surface area (Å²) >= 11 is 0. The number of rotatable bonds is 4. The molecule has 0 amide bonds. The van der Waals surface area contributed by atoms with Gasteiger partial charge in [-0.1, -0.05) is 12.1 Å². The van der Waals surface area contributed by atoms with Gasteiger partial charge in [0.1, 0.15) is 0 Å². The number of aryl methyl sites for hydroxylation is 1. The molecule has 18 heavy (non-hydrogen) atoms. The van der Waals surface area contributed by atoms with Gasteiger partial charge in [0, 0.05) is 25.3 Å². The van der Waals surface area contributed by atoms with Crippen molar-refractivity contribution in [3.05, 3.63) is 29.3 Å². The SMILES string of the molecule is Cc1ccc(CN(C)CC2CCN(C)C2)cc1N. The van der Waals surface area contributed by atoms with Gasteiger partial charge in [0.15, 0.2) is 0 Å². The van der Waals surface area contributed by atoms with Crippen molar-refractivity contribution >= 4 is 5.69 Å². The van der Waals surface area contributed by atoms with Crippen molar-refractivity contribution in [2.45, 2.75) is 19.9 Å². The second-order valence-corrected chi connectivity index (χ2v) is 5.80. The van der Waals surface area contributed by atoms with Gasteiger partial charge in [-0.05, 0) is 57.1 Å². The van der Waals surface area contributed by atoms with Crippen LogP contribution in [0.1, 0.15) is 17.5 Å². The van der Waals surface area contributed by atoms with E-state index in [9.17, 15) is 0 Å². The lowest BCUT2D eigenvalue weighted by molar-refractivity contribution is 0.267. The summed E-state index contributed by atoms with van der Waals surface area (Å²) in [5.41, 5.74) is 9.33. The molecule has 0 spiro atoms. The molecule has 0 bridgehead atoms. The molecule has 1 unspecified atom stereocenters. The number of nitrogen functional groups attached to an aromatic ring is 1. The van der Waals surface area contributed by atoms with Gasteiger partial charge in [0.25, 0.3) is 0 Å². The van der Waals surface area contributed by atoms with Gasteiger partial charge in [0.2, 0.25) is 0 Å². The van der Waals surface area contributed by atoms with Crippen LogP contribution in [0.15, 0.2) is 18.2 Å². The topological polar surface area (TPSA) is 32.5 Å². The number of hydrogen-bond acceptors (Lipinski definition) is 3. The number of nitrogens with two attached hydrogens (primary N) is 1. The Morgan fingerprint density at radius 3 is 2.83 bits per heavy atom. The predicted octanol–water partition coefficient (Wildman–Crippen LogP) is 1.96. The van der Waals surface area contributed by atoms with E-state index in [4.69, 9.17) is 5.73 Å². The Kier molecular flexibility index (Phi) is 4.25. The standard InChI is InChI=1S/C15H25N3/c1-12-4-5-13(8-15(12)16)9-18(3)11-14-6-7-17(2)10-14/h4-5,8,14H,6-7,9-11,16H2,1-3H3. The monoisotopic (exact) mass is 247 g/mol.